The van der Waals surface area contributed by atoms with Crippen molar-refractivity contribution in [2.24, 2.45) is 0 Å². The van der Waals surface area contributed by atoms with E-state index in [4.69, 9.17) is 5.73 Å². The maximum atomic E-state index is 13.4. The van der Waals surface area contributed by atoms with Crippen molar-refractivity contribution in [3.63, 3.8) is 0 Å². The molecular formula is C11H7F5N4O. The Morgan fingerprint density at radius 3 is 1.95 bits per heavy atom. The molecule has 0 aliphatic carbocycles. The number of nitrogens with two attached hydrogens (primary N) is 1. The number of nitrogen functional groups attached to an aromatic ring is 1. The van der Waals surface area contributed by atoms with Crippen LogP contribution in [0.15, 0.2) is 0 Å². The van der Waals surface area contributed by atoms with Gasteiger partial charge in [-0.15, -0.1) is 0 Å². The van der Waals surface area contributed by atoms with E-state index in [0.717, 1.165) is 0 Å². The first kappa shape index (κ1) is 14.8. The molecule has 1 heterocycles. The quantitative estimate of drug-likeness (QED) is 0.452. The molecule has 1 aromatic heterocycles. The summed E-state index contributed by atoms with van der Waals surface area (Å²) in [5.41, 5.74) is 3.79. The number of hydrogen-bond donors (Lipinski definition) is 3. The van der Waals surface area contributed by atoms with Crippen LogP contribution >= 0.6 is 0 Å². The van der Waals surface area contributed by atoms with Crippen LogP contribution in [-0.2, 0) is 0 Å². The highest BCUT2D eigenvalue weighted by Gasteiger charge is 2.28. The third kappa shape index (κ3) is 2.28. The predicted molar refractivity (Wildman–Crippen MR) is 61.9 cm³/mol. The van der Waals surface area contributed by atoms with Crippen LogP contribution in [0.4, 0.5) is 33.5 Å². The third-order valence-corrected chi connectivity index (χ3v) is 2.65. The number of aromatic amines is 1. The Kier molecular flexibility index (Phi) is 3.54. The van der Waals surface area contributed by atoms with Gasteiger partial charge in [0.25, 0.3) is 5.91 Å². The van der Waals surface area contributed by atoms with E-state index in [1.54, 1.807) is 5.32 Å². The Balaban J connectivity index is 2.48. The van der Waals surface area contributed by atoms with Gasteiger partial charge < -0.3 is 11.1 Å². The molecule has 0 atom stereocenters. The lowest BCUT2D eigenvalue weighted by molar-refractivity contribution is 0.102. The molecule has 0 saturated heterocycles. The zero-order chi connectivity index (χ0) is 15.9. The summed E-state index contributed by atoms with van der Waals surface area (Å²) in [6, 6.07) is 0. The van der Waals surface area contributed by atoms with Gasteiger partial charge in [0.1, 0.15) is 11.3 Å². The number of carbonyl (C=O) groups excluding carboxylic acids is 1. The van der Waals surface area contributed by atoms with Crippen LogP contribution in [-0.4, -0.2) is 16.1 Å². The van der Waals surface area contributed by atoms with Crippen LogP contribution in [0.3, 0.4) is 0 Å². The molecule has 21 heavy (non-hydrogen) atoms. The highest BCUT2D eigenvalue weighted by molar-refractivity contribution is 6.08. The van der Waals surface area contributed by atoms with Crippen molar-refractivity contribution in [1.82, 2.24) is 10.2 Å². The average Bonchev–Trinajstić information content (AvgIpc) is 2.78. The van der Waals surface area contributed by atoms with E-state index in [0.29, 0.717) is 0 Å². The molecule has 10 heteroatoms. The summed E-state index contributed by atoms with van der Waals surface area (Å²) in [4.78, 5) is 11.8. The van der Waals surface area contributed by atoms with Crippen molar-refractivity contribution in [2.75, 3.05) is 11.1 Å². The molecule has 0 radical (unpaired) electrons. The molecular weight excluding hydrogens is 299 g/mol. The first-order chi connectivity index (χ1) is 9.75. The van der Waals surface area contributed by atoms with Crippen molar-refractivity contribution in [3.8, 4) is 0 Å². The SMILES string of the molecule is Cc1[nH]nc(N)c1C(=O)Nc1c(F)c(F)c(F)c(F)c1F. The van der Waals surface area contributed by atoms with Crippen LogP contribution in [0.1, 0.15) is 16.1 Å². The number of aryl methyl sites for hydroxylation is 1. The van der Waals surface area contributed by atoms with E-state index in [1.807, 2.05) is 0 Å². The number of nitrogens with zero attached hydrogens (tertiary/aromatic N) is 1. The minimum absolute atomic E-state index is 0.161. The van der Waals surface area contributed by atoms with Gasteiger partial charge in [0.05, 0.1) is 0 Å². The molecule has 1 amide bonds. The van der Waals surface area contributed by atoms with Gasteiger partial charge in [-0.25, -0.2) is 22.0 Å². The van der Waals surface area contributed by atoms with Gasteiger partial charge in [-0.1, -0.05) is 0 Å². The zero-order valence-corrected chi connectivity index (χ0v) is 10.3. The largest absolute Gasteiger partial charge is 0.382 e. The minimum atomic E-state index is -2.32. The van der Waals surface area contributed by atoms with Gasteiger partial charge in [-0.05, 0) is 6.92 Å². The van der Waals surface area contributed by atoms with Gasteiger partial charge in [-0.2, -0.15) is 5.10 Å². The molecule has 0 spiro atoms. The van der Waals surface area contributed by atoms with E-state index in [9.17, 15) is 26.7 Å². The summed E-state index contributed by atoms with van der Waals surface area (Å²) in [5, 5.41) is 7.40. The van der Waals surface area contributed by atoms with Crippen LogP contribution < -0.4 is 11.1 Å². The Hall–Kier alpha value is -2.65. The normalized spacial score (nSPS) is 10.8. The number of carbonyl (C=O) groups is 1. The summed E-state index contributed by atoms with van der Waals surface area (Å²) >= 11 is 0. The van der Waals surface area contributed by atoms with Crippen LogP contribution in [0, 0.1) is 36.0 Å². The Morgan fingerprint density at radius 1 is 1.05 bits per heavy atom. The number of amides is 1. The van der Waals surface area contributed by atoms with Crippen molar-refractivity contribution < 1.29 is 26.7 Å². The second-order valence-electron chi connectivity index (χ2n) is 4.01. The molecule has 0 aliphatic rings. The number of H-pyrrole nitrogens is 1. The Morgan fingerprint density at radius 2 is 1.52 bits per heavy atom. The van der Waals surface area contributed by atoms with Gasteiger partial charge in [0.15, 0.2) is 29.1 Å². The third-order valence-electron chi connectivity index (χ3n) is 2.65. The van der Waals surface area contributed by atoms with Gasteiger partial charge >= 0.3 is 0 Å². The fraction of sp³-hybridized carbons (Fsp3) is 0.0909. The van der Waals surface area contributed by atoms with Crippen molar-refractivity contribution in [3.05, 3.63) is 40.3 Å². The maximum absolute atomic E-state index is 13.4. The van der Waals surface area contributed by atoms with E-state index in [1.165, 1.54) is 6.92 Å². The monoisotopic (exact) mass is 306 g/mol. The fourth-order valence-electron chi connectivity index (χ4n) is 1.63. The molecule has 4 N–H and O–H groups in total. The second-order valence-corrected chi connectivity index (χ2v) is 4.01. The van der Waals surface area contributed by atoms with E-state index in [-0.39, 0.29) is 17.1 Å². The van der Waals surface area contributed by atoms with Crippen molar-refractivity contribution >= 4 is 17.4 Å². The Labute approximate surface area is 113 Å². The lowest BCUT2D eigenvalue weighted by Gasteiger charge is -2.09. The summed E-state index contributed by atoms with van der Waals surface area (Å²) in [6.07, 6.45) is 0. The molecule has 0 unspecified atom stereocenters. The van der Waals surface area contributed by atoms with Crippen LogP contribution in [0.25, 0.3) is 0 Å². The first-order valence-corrected chi connectivity index (χ1v) is 5.38. The first-order valence-electron chi connectivity index (χ1n) is 5.38. The standard InChI is InChI=1S/C11H7F5N4O/c1-2-3(10(17)20-19-2)11(21)18-9-7(15)5(13)4(12)6(14)8(9)16/h1H3,(H,18,21)(H3,17,19,20). The molecule has 2 rings (SSSR count). The van der Waals surface area contributed by atoms with Gasteiger partial charge in [0.2, 0.25) is 5.82 Å². The Bertz CT molecular complexity index is 694. The molecule has 112 valence electrons. The molecule has 0 saturated carbocycles. The molecule has 0 fully saturated rings. The number of halogens is 5. The van der Waals surface area contributed by atoms with Crippen molar-refractivity contribution in [1.29, 1.82) is 0 Å². The topological polar surface area (TPSA) is 83.8 Å². The van der Waals surface area contributed by atoms with E-state index >= 15 is 0 Å². The molecule has 5 nitrogen and oxygen atoms in total. The summed E-state index contributed by atoms with van der Waals surface area (Å²) in [7, 11) is 0. The van der Waals surface area contributed by atoms with Gasteiger partial charge in [0, 0.05) is 5.69 Å². The number of hydrogen-bond acceptors (Lipinski definition) is 3. The molecule has 1 aromatic carbocycles. The number of aromatic nitrogens is 2. The number of anilines is 2. The molecule has 2 aromatic rings. The highest BCUT2D eigenvalue weighted by atomic mass is 19.2. The number of rotatable bonds is 2. The maximum Gasteiger partial charge on any atom is 0.261 e. The van der Waals surface area contributed by atoms with Crippen LogP contribution in [0.5, 0.6) is 0 Å². The summed E-state index contributed by atoms with van der Waals surface area (Å²) in [5.74, 6) is -12.4. The number of benzene rings is 1. The highest BCUT2D eigenvalue weighted by Crippen LogP contribution is 2.28. The fourth-order valence-corrected chi connectivity index (χ4v) is 1.63. The lowest BCUT2D eigenvalue weighted by Crippen LogP contribution is -2.18. The zero-order valence-electron chi connectivity index (χ0n) is 10.3. The summed E-state index contributed by atoms with van der Waals surface area (Å²) < 4.78 is 65.7. The average molecular weight is 306 g/mol. The molecule has 0 aliphatic heterocycles. The smallest absolute Gasteiger partial charge is 0.261 e. The molecule has 0 bridgehead atoms. The second kappa shape index (κ2) is 5.04. The lowest BCUT2D eigenvalue weighted by atomic mass is 10.2. The minimum Gasteiger partial charge on any atom is -0.382 e. The summed E-state index contributed by atoms with van der Waals surface area (Å²) in [6.45, 7) is 1.39. The predicted octanol–water partition coefficient (Wildman–Crippen LogP) is 2.25. The number of nitrogens with one attached hydrogen (secondary N) is 2. The van der Waals surface area contributed by atoms with E-state index < -0.39 is 40.7 Å². The van der Waals surface area contributed by atoms with E-state index in [2.05, 4.69) is 10.2 Å². The van der Waals surface area contributed by atoms with Gasteiger partial charge in [-0.3, -0.25) is 9.89 Å². The van der Waals surface area contributed by atoms with Crippen LogP contribution in [0.2, 0.25) is 0 Å². The van der Waals surface area contributed by atoms with Crippen molar-refractivity contribution in [2.45, 2.75) is 6.92 Å².